The number of carbonyl (C=O) groups excluding carboxylic acids is 1. The Bertz CT molecular complexity index is 1040. The molecule has 1 saturated heterocycles. The number of anilines is 1. The summed E-state index contributed by atoms with van der Waals surface area (Å²) in [6.45, 7) is 4.71. The Morgan fingerprint density at radius 1 is 0.839 bits per heavy atom. The lowest BCUT2D eigenvalue weighted by atomic mass is 10.1. The van der Waals surface area contributed by atoms with E-state index in [0.717, 1.165) is 17.1 Å². The largest absolute Gasteiger partial charge is 0.493 e. The third-order valence-corrected chi connectivity index (χ3v) is 5.52. The van der Waals surface area contributed by atoms with Crippen molar-refractivity contribution in [2.45, 2.75) is 6.92 Å². The monoisotopic (exact) mass is 418 g/mol. The van der Waals surface area contributed by atoms with E-state index < -0.39 is 0 Å². The molecule has 7 nitrogen and oxygen atoms in total. The lowest BCUT2D eigenvalue weighted by Gasteiger charge is -2.35. The van der Waals surface area contributed by atoms with Crippen LogP contribution in [0.1, 0.15) is 15.9 Å². The van der Waals surface area contributed by atoms with Gasteiger partial charge in [0.2, 0.25) is 0 Å². The van der Waals surface area contributed by atoms with Crippen molar-refractivity contribution in [2.75, 3.05) is 45.3 Å². The van der Waals surface area contributed by atoms with Crippen LogP contribution in [0.15, 0.2) is 54.6 Å². The van der Waals surface area contributed by atoms with Gasteiger partial charge in [-0.25, -0.2) is 0 Å². The first-order valence-electron chi connectivity index (χ1n) is 10.3. The molecule has 0 bridgehead atoms. The Labute approximate surface area is 182 Å². The van der Waals surface area contributed by atoms with Crippen molar-refractivity contribution in [1.82, 2.24) is 15.1 Å². The Balaban J connectivity index is 1.39. The minimum Gasteiger partial charge on any atom is -0.493 e. The minimum absolute atomic E-state index is 0.0126. The summed E-state index contributed by atoms with van der Waals surface area (Å²) in [5.74, 6) is 1.97. The fourth-order valence-electron chi connectivity index (χ4n) is 3.66. The molecule has 1 amide bonds. The average molecular weight is 418 g/mol. The molecule has 1 aliphatic heterocycles. The highest BCUT2D eigenvalue weighted by atomic mass is 16.5. The van der Waals surface area contributed by atoms with Crippen LogP contribution >= 0.6 is 0 Å². The maximum atomic E-state index is 12.9. The Hall–Kier alpha value is -3.61. The van der Waals surface area contributed by atoms with Crippen LogP contribution in [-0.2, 0) is 0 Å². The van der Waals surface area contributed by atoms with Gasteiger partial charge in [-0.3, -0.25) is 4.79 Å². The highest BCUT2D eigenvalue weighted by Crippen LogP contribution is 2.28. The van der Waals surface area contributed by atoms with Crippen LogP contribution in [0.4, 0.5) is 5.82 Å². The zero-order valence-corrected chi connectivity index (χ0v) is 18.0. The molecule has 1 aliphatic rings. The molecule has 0 N–H and O–H groups in total. The molecule has 0 atom stereocenters. The number of methoxy groups -OCH3 is 2. The van der Waals surface area contributed by atoms with E-state index in [0.29, 0.717) is 43.2 Å². The van der Waals surface area contributed by atoms with Gasteiger partial charge < -0.3 is 19.3 Å². The third-order valence-electron chi connectivity index (χ3n) is 5.52. The summed E-state index contributed by atoms with van der Waals surface area (Å²) in [5.41, 5.74) is 3.71. The fraction of sp³-hybridized carbons (Fsp3) is 0.292. The third kappa shape index (κ3) is 4.45. The van der Waals surface area contributed by atoms with E-state index >= 15 is 0 Å². The molecule has 160 valence electrons. The molecule has 4 rings (SSSR count). The molecule has 0 saturated carbocycles. The highest BCUT2D eigenvalue weighted by molar-refractivity contribution is 5.95. The smallest absolute Gasteiger partial charge is 0.254 e. The van der Waals surface area contributed by atoms with Crippen molar-refractivity contribution < 1.29 is 14.3 Å². The minimum atomic E-state index is -0.0126. The summed E-state index contributed by atoms with van der Waals surface area (Å²) >= 11 is 0. The van der Waals surface area contributed by atoms with E-state index in [-0.39, 0.29) is 5.91 Å². The Morgan fingerprint density at radius 3 is 2.16 bits per heavy atom. The predicted molar refractivity (Wildman–Crippen MR) is 120 cm³/mol. The number of amides is 1. The van der Waals surface area contributed by atoms with Crippen LogP contribution in [0.25, 0.3) is 11.3 Å². The molecule has 2 aromatic carbocycles. The van der Waals surface area contributed by atoms with Crippen LogP contribution in [0.5, 0.6) is 11.5 Å². The van der Waals surface area contributed by atoms with Crippen LogP contribution in [0.2, 0.25) is 0 Å². The molecule has 0 aliphatic carbocycles. The lowest BCUT2D eigenvalue weighted by Crippen LogP contribution is -2.49. The normalized spacial score (nSPS) is 13.8. The van der Waals surface area contributed by atoms with E-state index in [1.54, 1.807) is 32.4 Å². The van der Waals surface area contributed by atoms with Gasteiger partial charge in [0.1, 0.15) is 0 Å². The van der Waals surface area contributed by atoms with E-state index in [4.69, 9.17) is 9.47 Å². The Morgan fingerprint density at radius 2 is 1.55 bits per heavy atom. The van der Waals surface area contributed by atoms with Gasteiger partial charge in [-0.2, -0.15) is 0 Å². The van der Waals surface area contributed by atoms with E-state index in [1.807, 2.05) is 17.0 Å². The second-order valence-electron chi connectivity index (χ2n) is 7.49. The van der Waals surface area contributed by atoms with Crippen molar-refractivity contribution in [3.8, 4) is 22.8 Å². The van der Waals surface area contributed by atoms with Gasteiger partial charge >= 0.3 is 0 Å². The number of ether oxygens (including phenoxy) is 2. The number of piperazine rings is 1. The number of rotatable bonds is 5. The second-order valence-corrected chi connectivity index (χ2v) is 7.49. The fourth-order valence-corrected chi connectivity index (χ4v) is 3.66. The number of hydrogen-bond donors (Lipinski definition) is 0. The molecule has 0 spiro atoms. The molecule has 31 heavy (non-hydrogen) atoms. The molecule has 3 aromatic rings. The summed E-state index contributed by atoms with van der Waals surface area (Å²) in [5, 5.41) is 8.81. The van der Waals surface area contributed by atoms with Crippen LogP contribution in [-0.4, -0.2) is 61.4 Å². The van der Waals surface area contributed by atoms with Gasteiger partial charge in [-0.15, -0.1) is 10.2 Å². The number of nitrogens with zero attached hydrogens (tertiary/aromatic N) is 4. The number of hydrogen-bond acceptors (Lipinski definition) is 6. The summed E-state index contributed by atoms with van der Waals surface area (Å²) in [7, 11) is 3.14. The zero-order valence-electron chi connectivity index (χ0n) is 18.0. The van der Waals surface area contributed by atoms with E-state index in [1.165, 1.54) is 5.56 Å². The SMILES string of the molecule is COc1ccc(C(=O)N2CCN(c3ccc(-c4ccc(C)cc4)nn3)CC2)cc1OC. The zero-order chi connectivity index (χ0) is 21.8. The van der Waals surface area contributed by atoms with E-state index in [2.05, 4.69) is 46.3 Å². The first-order valence-corrected chi connectivity index (χ1v) is 10.3. The number of carbonyl (C=O) groups is 1. The molecular formula is C24H26N4O3. The summed E-state index contributed by atoms with van der Waals surface area (Å²) in [6.07, 6.45) is 0. The number of benzene rings is 2. The lowest BCUT2D eigenvalue weighted by molar-refractivity contribution is 0.0746. The van der Waals surface area contributed by atoms with Crippen molar-refractivity contribution in [1.29, 1.82) is 0 Å². The molecule has 0 unspecified atom stereocenters. The molecule has 0 radical (unpaired) electrons. The first kappa shape index (κ1) is 20.7. The average Bonchev–Trinajstić information content (AvgIpc) is 2.84. The number of aryl methyl sites for hydroxylation is 1. The molecule has 7 heteroatoms. The van der Waals surface area contributed by atoms with Crippen molar-refractivity contribution in [3.63, 3.8) is 0 Å². The maximum absolute atomic E-state index is 12.9. The first-order chi connectivity index (χ1) is 15.1. The standard InChI is InChI=1S/C24H26N4O3/c1-17-4-6-18(7-5-17)20-9-11-23(26-25-20)27-12-14-28(15-13-27)24(29)19-8-10-21(30-2)22(16-19)31-3/h4-11,16H,12-15H2,1-3H3. The van der Waals surface area contributed by atoms with Crippen LogP contribution in [0, 0.1) is 6.92 Å². The number of aromatic nitrogens is 2. The van der Waals surface area contributed by atoms with Crippen LogP contribution in [0.3, 0.4) is 0 Å². The van der Waals surface area contributed by atoms with Gasteiger partial charge in [0.05, 0.1) is 19.9 Å². The summed E-state index contributed by atoms with van der Waals surface area (Å²) in [6, 6.07) is 17.5. The molecule has 1 fully saturated rings. The molecular weight excluding hydrogens is 392 g/mol. The van der Waals surface area contributed by atoms with Gasteiger partial charge in [-0.1, -0.05) is 29.8 Å². The van der Waals surface area contributed by atoms with Gasteiger partial charge in [0.25, 0.3) is 5.91 Å². The summed E-state index contributed by atoms with van der Waals surface area (Å²) < 4.78 is 10.6. The second kappa shape index (κ2) is 9.04. The van der Waals surface area contributed by atoms with Gasteiger partial charge in [-0.05, 0) is 37.3 Å². The van der Waals surface area contributed by atoms with Crippen molar-refractivity contribution >= 4 is 11.7 Å². The van der Waals surface area contributed by atoms with Crippen LogP contribution < -0.4 is 14.4 Å². The molecule has 2 heterocycles. The van der Waals surface area contributed by atoms with Gasteiger partial charge in [0, 0.05) is 37.3 Å². The summed E-state index contributed by atoms with van der Waals surface area (Å²) in [4.78, 5) is 16.9. The predicted octanol–water partition coefficient (Wildman–Crippen LogP) is 3.43. The quantitative estimate of drug-likeness (QED) is 0.632. The Kier molecular flexibility index (Phi) is 6.02. The highest BCUT2D eigenvalue weighted by Gasteiger charge is 2.24. The maximum Gasteiger partial charge on any atom is 0.254 e. The van der Waals surface area contributed by atoms with Gasteiger partial charge in [0.15, 0.2) is 17.3 Å². The topological polar surface area (TPSA) is 67.8 Å². The van der Waals surface area contributed by atoms with Crippen molar-refractivity contribution in [3.05, 3.63) is 65.7 Å². The van der Waals surface area contributed by atoms with Crippen molar-refractivity contribution in [2.24, 2.45) is 0 Å². The molecule has 1 aromatic heterocycles. The van der Waals surface area contributed by atoms with E-state index in [9.17, 15) is 4.79 Å².